The molecule has 0 N–H and O–H groups in total. The lowest BCUT2D eigenvalue weighted by Crippen LogP contribution is -2.45. The molecule has 6 heteroatoms. The fourth-order valence-corrected chi connectivity index (χ4v) is 8.62. The van der Waals surface area contributed by atoms with Crippen LogP contribution in [0.25, 0.3) is 11.1 Å². The number of anilines is 1. The summed E-state index contributed by atoms with van der Waals surface area (Å²) >= 11 is 13.1. The van der Waals surface area contributed by atoms with Crippen molar-refractivity contribution in [2.24, 2.45) is 11.8 Å². The topological polar surface area (TPSA) is 54.5 Å². The molecule has 1 aliphatic heterocycles. The number of nitrogens with zero attached hydrogens (tertiary/aromatic N) is 1. The van der Waals surface area contributed by atoms with Gasteiger partial charge in [0.15, 0.2) is 5.78 Å². The smallest absolute Gasteiger partial charge is 0.239 e. The van der Waals surface area contributed by atoms with Gasteiger partial charge >= 0.3 is 0 Å². The number of hydrogen-bond donors (Lipinski definition) is 0. The van der Waals surface area contributed by atoms with Crippen LogP contribution in [0, 0.1) is 11.8 Å². The molecule has 2 fully saturated rings. The highest BCUT2D eigenvalue weighted by atomic mass is 35.5. The average molecular weight is 627 g/mol. The Morgan fingerprint density at radius 2 is 0.889 bits per heavy atom. The van der Waals surface area contributed by atoms with E-state index in [2.05, 4.69) is 0 Å². The first-order chi connectivity index (χ1) is 21.9. The molecule has 1 saturated carbocycles. The summed E-state index contributed by atoms with van der Waals surface area (Å²) < 4.78 is 0. The van der Waals surface area contributed by atoms with Gasteiger partial charge in [0.25, 0.3) is 0 Å². The molecule has 5 aromatic rings. The molecule has 5 aromatic carbocycles. The lowest BCUT2D eigenvalue weighted by Gasteiger charge is -2.39. The third-order valence-corrected chi connectivity index (χ3v) is 10.6. The van der Waals surface area contributed by atoms with Gasteiger partial charge in [-0.3, -0.25) is 14.4 Å². The van der Waals surface area contributed by atoms with Crippen LogP contribution in [-0.2, 0) is 25.2 Å². The molecule has 1 heterocycles. The molecule has 2 amide bonds. The predicted octanol–water partition coefficient (Wildman–Crippen LogP) is 8.18. The van der Waals surface area contributed by atoms with Crippen LogP contribution in [0.1, 0.15) is 22.3 Å². The Kier molecular flexibility index (Phi) is 6.25. The van der Waals surface area contributed by atoms with Gasteiger partial charge in [0, 0.05) is 0 Å². The number of halogens is 2. The lowest BCUT2D eigenvalue weighted by atomic mass is 9.59. The molecule has 3 aliphatic rings. The normalized spacial score (nSPS) is 25.3. The highest BCUT2D eigenvalue weighted by molar-refractivity contribution is 6.46. The fourth-order valence-electron chi connectivity index (χ4n) is 8.24. The summed E-state index contributed by atoms with van der Waals surface area (Å²) in [5.41, 5.74) is 1.76. The van der Waals surface area contributed by atoms with E-state index in [0.29, 0.717) is 11.1 Å². The van der Waals surface area contributed by atoms with Gasteiger partial charge < -0.3 is 0 Å². The van der Waals surface area contributed by atoms with E-state index in [9.17, 15) is 9.59 Å². The molecule has 0 spiro atoms. The Bertz CT molecular complexity index is 1930. The molecular formula is C39H25Cl2NO3. The molecule has 0 radical (unpaired) electrons. The molecule has 8 rings (SSSR count). The number of Topliss-reactive ketones (excluding diaryl/α,β-unsaturated/α-hetero) is 1. The third kappa shape index (κ3) is 3.47. The summed E-state index contributed by atoms with van der Waals surface area (Å²) in [7, 11) is 0. The number of allylic oxidation sites excluding steroid dienone is 2. The molecule has 0 aromatic heterocycles. The van der Waals surface area contributed by atoms with Gasteiger partial charge in [0.2, 0.25) is 11.8 Å². The van der Waals surface area contributed by atoms with E-state index in [1.165, 1.54) is 4.90 Å². The zero-order valence-electron chi connectivity index (χ0n) is 23.9. The van der Waals surface area contributed by atoms with Gasteiger partial charge in [-0.05, 0) is 45.5 Å². The van der Waals surface area contributed by atoms with Crippen molar-refractivity contribution in [3.63, 3.8) is 0 Å². The number of rotatable bonds is 5. The van der Waals surface area contributed by atoms with Crippen molar-refractivity contribution in [1.29, 1.82) is 0 Å². The lowest BCUT2D eigenvalue weighted by molar-refractivity contribution is -0.130. The quantitative estimate of drug-likeness (QED) is 0.185. The molecule has 4 atom stereocenters. The monoisotopic (exact) mass is 625 g/mol. The van der Waals surface area contributed by atoms with Crippen molar-refractivity contribution in [1.82, 2.24) is 0 Å². The van der Waals surface area contributed by atoms with Gasteiger partial charge in [-0.15, -0.1) is 0 Å². The second kappa shape index (κ2) is 10.1. The second-order valence-electron chi connectivity index (χ2n) is 11.7. The van der Waals surface area contributed by atoms with Crippen LogP contribution in [0.5, 0.6) is 0 Å². The van der Waals surface area contributed by atoms with Crippen molar-refractivity contribution < 1.29 is 14.4 Å². The van der Waals surface area contributed by atoms with E-state index in [1.807, 2.05) is 121 Å². The number of fused-ring (bicyclic) bond motifs is 5. The van der Waals surface area contributed by atoms with Crippen molar-refractivity contribution >= 4 is 57.6 Å². The van der Waals surface area contributed by atoms with Crippen molar-refractivity contribution in [3.8, 4) is 0 Å². The van der Waals surface area contributed by atoms with E-state index in [0.717, 1.165) is 22.3 Å². The van der Waals surface area contributed by atoms with Crippen LogP contribution < -0.4 is 4.90 Å². The number of carbonyl (C=O) groups excluding carboxylic acids is 3. The van der Waals surface area contributed by atoms with Gasteiger partial charge in [-0.25, -0.2) is 4.90 Å². The molecule has 2 bridgehead atoms. The van der Waals surface area contributed by atoms with E-state index in [4.69, 9.17) is 23.2 Å². The van der Waals surface area contributed by atoms with Crippen molar-refractivity contribution in [2.75, 3.05) is 4.90 Å². The van der Waals surface area contributed by atoms with Crippen molar-refractivity contribution in [3.05, 3.63) is 172 Å². The summed E-state index contributed by atoms with van der Waals surface area (Å²) in [4.78, 5) is 47.0. The van der Waals surface area contributed by atoms with Gasteiger partial charge in [-0.1, -0.05) is 151 Å². The highest BCUT2D eigenvalue weighted by Gasteiger charge is 2.82. The average Bonchev–Trinajstić information content (AvgIpc) is 3.60. The Morgan fingerprint density at radius 1 is 0.489 bits per heavy atom. The van der Waals surface area contributed by atoms with E-state index in [1.54, 1.807) is 18.2 Å². The number of carbonyl (C=O) groups is 3. The largest absolute Gasteiger partial charge is 0.297 e. The first kappa shape index (κ1) is 27.8. The van der Waals surface area contributed by atoms with Gasteiger partial charge in [0.05, 0.1) is 38.4 Å². The van der Waals surface area contributed by atoms with Crippen LogP contribution in [0.15, 0.2) is 140 Å². The number of imide groups is 1. The molecule has 4 nitrogen and oxygen atoms in total. The Morgan fingerprint density at radius 3 is 1.31 bits per heavy atom. The van der Waals surface area contributed by atoms with Gasteiger partial charge in [0.1, 0.15) is 0 Å². The predicted molar refractivity (Wildman–Crippen MR) is 177 cm³/mol. The van der Waals surface area contributed by atoms with Crippen molar-refractivity contribution in [2.45, 2.75) is 10.8 Å². The maximum absolute atomic E-state index is 15.8. The summed E-state index contributed by atoms with van der Waals surface area (Å²) in [6.45, 7) is 0. The minimum Gasteiger partial charge on any atom is -0.297 e. The van der Waals surface area contributed by atoms with Crippen LogP contribution in [-0.4, -0.2) is 17.6 Å². The van der Waals surface area contributed by atoms with Crippen LogP contribution in [0.3, 0.4) is 0 Å². The standard InChI is InChI=1S/C39H25Cl2NO3/c40-28-22-13-23-29(34(28)41)42-35(43)32-33(36(42)44)39(27-20-11-4-12-21-27)31(25-16-7-2-8-17-25)30(24-14-5-1-6-15-24)38(32,37(39)45)26-18-9-3-10-19-26/h1-23,32-33H/t32-,33+,38-,39-/m0/s1. The SMILES string of the molecule is O=C1[C@@H]2[C@H](C(=O)N1c1cccc(Cl)c1Cl)[C@@]1(c3ccccc3)C(=O)[C@@]2(c2ccccc2)C(c2ccccc2)=C1c1ccccc1. The van der Waals surface area contributed by atoms with Crippen LogP contribution >= 0.6 is 23.2 Å². The fraction of sp³-hybridized carbons (Fsp3) is 0.103. The minimum absolute atomic E-state index is 0.113. The first-order valence-corrected chi connectivity index (χ1v) is 15.5. The second-order valence-corrected chi connectivity index (χ2v) is 12.5. The Hall–Kier alpha value is -4.77. The summed E-state index contributed by atoms with van der Waals surface area (Å²) in [5, 5.41) is 0.344. The molecule has 2 aliphatic carbocycles. The molecule has 0 unspecified atom stereocenters. The summed E-state index contributed by atoms with van der Waals surface area (Å²) in [5.74, 6) is -3.16. The molecule has 45 heavy (non-hydrogen) atoms. The zero-order chi connectivity index (χ0) is 30.9. The number of ketones is 1. The highest BCUT2D eigenvalue weighted by Crippen LogP contribution is 2.74. The Balaban J connectivity index is 1.56. The van der Waals surface area contributed by atoms with Gasteiger partial charge in [-0.2, -0.15) is 0 Å². The number of hydrogen-bond acceptors (Lipinski definition) is 3. The van der Waals surface area contributed by atoms with E-state index in [-0.39, 0.29) is 21.5 Å². The number of amides is 2. The molecule has 218 valence electrons. The third-order valence-electron chi connectivity index (χ3n) is 9.75. The van der Waals surface area contributed by atoms with E-state index >= 15 is 4.79 Å². The van der Waals surface area contributed by atoms with E-state index < -0.39 is 34.5 Å². The maximum Gasteiger partial charge on any atom is 0.239 e. The summed E-state index contributed by atoms with van der Waals surface area (Å²) in [6, 6.07) is 43.4. The zero-order valence-corrected chi connectivity index (χ0v) is 25.4. The summed E-state index contributed by atoms with van der Waals surface area (Å²) in [6.07, 6.45) is 0. The molecular weight excluding hydrogens is 601 g/mol. The molecule has 1 saturated heterocycles. The number of benzene rings is 5. The van der Waals surface area contributed by atoms with Crippen LogP contribution in [0.4, 0.5) is 5.69 Å². The first-order valence-electron chi connectivity index (χ1n) is 14.8. The minimum atomic E-state index is -1.47. The maximum atomic E-state index is 15.8. The Labute approximate surface area is 270 Å². The van der Waals surface area contributed by atoms with Crippen LogP contribution in [0.2, 0.25) is 10.0 Å².